The average Bonchev–Trinajstić information content (AvgIpc) is 2.79. The minimum Gasteiger partial charge on any atom is -0.240 e. The van der Waals surface area contributed by atoms with E-state index in [-0.39, 0.29) is 5.92 Å². The minimum absolute atomic E-state index is 0.227. The highest BCUT2D eigenvalue weighted by Gasteiger charge is 2.23. The van der Waals surface area contributed by atoms with Crippen molar-refractivity contribution < 1.29 is 0 Å². The van der Waals surface area contributed by atoms with Crippen LogP contribution in [0.1, 0.15) is 94.9 Å². The van der Waals surface area contributed by atoms with E-state index in [0.717, 1.165) is 37.1 Å². The van der Waals surface area contributed by atoms with Gasteiger partial charge in [-0.1, -0.05) is 69.7 Å². The predicted octanol–water partition coefficient (Wildman–Crippen LogP) is 7.23. The summed E-state index contributed by atoms with van der Waals surface area (Å²) in [6, 6.07) is 11.3. The van der Waals surface area contributed by atoms with Crippen LogP contribution in [0.5, 0.6) is 0 Å². The Bertz CT molecular complexity index is 750. The fourth-order valence-electron chi connectivity index (χ4n) is 4.33. The first-order valence-corrected chi connectivity index (χ1v) is 11.6. The Labute approximate surface area is 176 Å². The van der Waals surface area contributed by atoms with Gasteiger partial charge in [0.25, 0.3) is 0 Å². The molecule has 0 amide bonds. The molecule has 0 atom stereocenters. The van der Waals surface area contributed by atoms with Crippen LogP contribution in [0.2, 0.25) is 0 Å². The van der Waals surface area contributed by atoms with E-state index in [4.69, 9.17) is 5.26 Å². The van der Waals surface area contributed by atoms with Crippen molar-refractivity contribution >= 4 is 0 Å². The van der Waals surface area contributed by atoms with Crippen molar-refractivity contribution in [2.45, 2.75) is 89.9 Å². The highest BCUT2D eigenvalue weighted by molar-refractivity contribution is 5.61. The Balaban J connectivity index is 1.45. The summed E-state index contributed by atoms with van der Waals surface area (Å²) in [6.45, 7) is 2.27. The second kappa shape index (κ2) is 11.7. The van der Waals surface area contributed by atoms with E-state index in [1.54, 1.807) is 0 Å². The minimum atomic E-state index is 0.227. The molecule has 0 bridgehead atoms. The highest BCUT2D eigenvalue weighted by atomic mass is 14.9. The van der Waals surface area contributed by atoms with Gasteiger partial charge in [-0.15, -0.1) is 0 Å². The summed E-state index contributed by atoms with van der Waals surface area (Å²) >= 11 is 0. The van der Waals surface area contributed by atoms with Gasteiger partial charge in [0.2, 0.25) is 0 Å². The SMILES string of the molecule is CCCCCCCCCc1ccc(-c2cnc([C@H]3CC[C@H](C#N)CC3)nc2)cc1. The zero-order valence-corrected chi connectivity index (χ0v) is 17.9. The fraction of sp³-hybridized carbons (Fsp3) is 0.577. The van der Waals surface area contributed by atoms with Crippen LogP contribution in [0.15, 0.2) is 36.7 Å². The number of benzene rings is 1. The van der Waals surface area contributed by atoms with Crippen molar-refractivity contribution in [3.05, 3.63) is 48.0 Å². The molecule has 0 unspecified atom stereocenters. The number of aromatic nitrogens is 2. The van der Waals surface area contributed by atoms with Gasteiger partial charge in [-0.2, -0.15) is 5.26 Å². The zero-order valence-electron chi connectivity index (χ0n) is 17.9. The molecule has 0 radical (unpaired) electrons. The maximum absolute atomic E-state index is 9.05. The molecule has 3 rings (SSSR count). The van der Waals surface area contributed by atoms with Crippen LogP contribution in [0.4, 0.5) is 0 Å². The van der Waals surface area contributed by atoms with Crippen LogP contribution >= 0.6 is 0 Å². The quantitative estimate of drug-likeness (QED) is 0.403. The lowest BCUT2D eigenvalue weighted by Crippen LogP contribution is -2.14. The van der Waals surface area contributed by atoms with Crippen LogP contribution in [-0.4, -0.2) is 9.97 Å². The zero-order chi connectivity index (χ0) is 20.3. The molecule has 1 aliphatic carbocycles. The largest absolute Gasteiger partial charge is 0.240 e. The third-order valence-corrected chi connectivity index (χ3v) is 6.30. The van der Waals surface area contributed by atoms with Gasteiger partial charge in [-0.3, -0.25) is 0 Å². The molecule has 1 heterocycles. The molecule has 154 valence electrons. The Morgan fingerprint density at radius 3 is 2.07 bits per heavy atom. The number of nitrogens with zero attached hydrogens (tertiary/aromatic N) is 3. The molecule has 0 saturated heterocycles. The summed E-state index contributed by atoms with van der Waals surface area (Å²) in [5.41, 5.74) is 3.70. The molecular weight excluding hydrogens is 354 g/mol. The lowest BCUT2D eigenvalue weighted by atomic mass is 9.82. The number of nitriles is 1. The van der Waals surface area contributed by atoms with Gasteiger partial charge in [0.05, 0.1) is 6.07 Å². The molecule has 2 aromatic rings. The summed E-state index contributed by atoms with van der Waals surface area (Å²) < 4.78 is 0. The first kappa shape index (κ1) is 21.5. The standard InChI is InChI=1S/C26H35N3/c1-2-3-4-5-6-7-8-9-21-10-14-23(15-11-21)25-19-28-26(29-20-25)24-16-12-22(18-27)13-17-24/h10-11,14-15,19-20,22,24H,2-9,12-13,16-17H2,1H3/t22-,24-. The molecule has 1 aromatic carbocycles. The topological polar surface area (TPSA) is 49.6 Å². The second-order valence-corrected chi connectivity index (χ2v) is 8.58. The summed E-state index contributed by atoms with van der Waals surface area (Å²) in [6.07, 6.45) is 18.6. The van der Waals surface area contributed by atoms with Crippen molar-refractivity contribution in [2.24, 2.45) is 5.92 Å². The van der Waals surface area contributed by atoms with Crippen LogP contribution in [0.25, 0.3) is 11.1 Å². The third-order valence-electron chi connectivity index (χ3n) is 6.30. The smallest absolute Gasteiger partial charge is 0.131 e. The molecule has 0 aliphatic heterocycles. The number of hydrogen-bond acceptors (Lipinski definition) is 3. The van der Waals surface area contributed by atoms with E-state index < -0.39 is 0 Å². The van der Waals surface area contributed by atoms with Crippen molar-refractivity contribution in [2.75, 3.05) is 0 Å². The lowest BCUT2D eigenvalue weighted by Gasteiger charge is -2.23. The molecule has 29 heavy (non-hydrogen) atoms. The van der Waals surface area contributed by atoms with Gasteiger partial charge in [0.1, 0.15) is 5.82 Å². The number of hydrogen-bond donors (Lipinski definition) is 0. The molecule has 0 N–H and O–H groups in total. The maximum atomic E-state index is 9.05. The molecule has 1 aromatic heterocycles. The monoisotopic (exact) mass is 389 g/mol. The Morgan fingerprint density at radius 1 is 0.828 bits per heavy atom. The van der Waals surface area contributed by atoms with E-state index in [2.05, 4.69) is 47.2 Å². The summed E-state index contributed by atoms with van der Waals surface area (Å²) in [5, 5.41) is 9.05. The number of unbranched alkanes of at least 4 members (excludes halogenated alkanes) is 6. The predicted molar refractivity (Wildman–Crippen MR) is 119 cm³/mol. The van der Waals surface area contributed by atoms with Crippen molar-refractivity contribution in [1.82, 2.24) is 9.97 Å². The van der Waals surface area contributed by atoms with Crippen molar-refractivity contribution in [3.8, 4) is 17.2 Å². The number of rotatable bonds is 10. The molecule has 3 nitrogen and oxygen atoms in total. The van der Waals surface area contributed by atoms with Gasteiger partial charge in [-0.25, -0.2) is 9.97 Å². The van der Waals surface area contributed by atoms with Crippen LogP contribution in [0, 0.1) is 17.2 Å². The van der Waals surface area contributed by atoms with E-state index in [1.165, 1.54) is 62.5 Å². The highest BCUT2D eigenvalue weighted by Crippen LogP contribution is 2.34. The molecule has 1 aliphatic rings. The summed E-state index contributed by atoms with van der Waals surface area (Å²) in [7, 11) is 0. The second-order valence-electron chi connectivity index (χ2n) is 8.58. The van der Waals surface area contributed by atoms with Gasteiger partial charge < -0.3 is 0 Å². The van der Waals surface area contributed by atoms with Crippen LogP contribution in [-0.2, 0) is 6.42 Å². The first-order valence-electron chi connectivity index (χ1n) is 11.6. The Hall–Kier alpha value is -2.21. The molecule has 3 heteroatoms. The Morgan fingerprint density at radius 2 is 1.45 bits per heavy atom. The normalized spacial score (nSPS) is 19.0. The molecule has 1 fully saturated rings. The van der Waals surface area contributed by atoms with Gasteiger partial charge >= 0.3 is 0 Å². The Kier molecular flexibility index (Phi) is 8.68. The van der Waals surface area contributed by atoms with Gasteiger partial charge in [-0.05, 0) is 49.7 Å². The molecule has 0 spiro atoms. The average molecular weight is 390 g/mol. The van der Waals surface area contributed by atoms with Gasteiger partial charge in [0, 0.05) is 29.8 Å². The van der Waals surface area contributed by atoms with E-state index in [0.29, 0.717) is 5.92 Å². The fourth-order valence-corrected chi connectivity index (χ4v) is 4.33. The maximum Gasteiger partial charge on any atom is 0.131 e. The van der Waals surface area contributed by atoms with Crippen LogP contribution in [0.3, 0.4) is 0 Å². The molecular formula is C26H35N3. The van der Waals surface area contributed by atoms with Crippen molar-refractivity contribution in [1.29, 1.82) is 5.26 Å². The number of aryl methyl sites for hydroxylation is 1. The lowest BCUT2D eigenvalue weighted by molar-refractivity contribution is 0.372. The molecule has 1 saturated carbocycles. The van der Waals surface area contributed by atoms with E-state index in [9.17, 15) is 0 Å². The van der Waals surface area contributed by atoms with Crippen LogP contribution < -0.4 is 0 Å². The summed E-state index contributed by atoms with van der Waals surface area (Å²) in [4.78, 5) is 9.30. The summed E-state index contributed by atoms with van der Waals surface area (Å²) in [5.74, 6) is 1.59. The van der Waals surface area contributed by atoms with Crippen molar-refractivity contribution in [3.63, 3.8) is 0 Å². The van der Waals surface area contributed by atoms with Gasteiger partial charge in [0.15, 0.2) is 0 Å². The van der Waals surface area contributed by atoms with E-state index >= 15 is 0 Å². The third kappa shape index (κ3) is 6.67. The van der Waals surface area contributed by atoms with E-state index in [1.807, 2.05) is 12.4 Å². The first-order chi connectivity index (χ1) is 14.3.